The van der Waals surface area contributed by atoms with Crippen LogP contribution in [0.1, 0.15) is 82.1 Å². The molecule has 0 rings (SSSR count). The molecule has 0 bridgehead atoms. The van der Waals surface area contributed by atoms with Gasteiger partial charge in [-0.15, -0.1) is 0 Å². The average molecular weight is 504 g/mol. The quantitative estimate of drug-likeness (QED) is 0.329. The normalized spacial score (nSPS) is 12.7. The molecule has 0 saturated carbocycles. The fourth-order valence-corrected chi connectivity index (χ4v) is 4.50. The summed E-state index contributed by atoms with van der Waals surface area (Å²) in [5.41, 5.74) is 0. The smallest absolute Gasteiger partial charge is 0.187 e. The third kappa shape index (κ3) is 32.1. The summed E-state index contributed by atoms with van der Waals surface area (Å²) in [7, 11) is -3.34. The topological polar surface area (TPSA) is 80.9 Å². The first kappa shape index (κ1) is 38.7. The van der Waals surface area contributed by atoms with Crippen LogP contribution in [0, 0.1) is 0 Å². The van der Waals surface area contributed by atoms with Gasteiger partial charge in [0.05, 0.1) is 12.2 Å². The Bertz CT molecular complexity index is 218. The molecule has 0 aromatic carbocycles. The third-order valence-corrected chi connectivity index (χ3v) is 13.0. The Kier molecular flexibility index (Phi) is 36.1. The molecular weight excluding hydrogens is 452 g/mol. The maximum atomic E-state index is 9.58. The Hall–Kier alpha value is 1.16. The second-order valence-electron chi connectivity index (χ2n) is 7.08. The molecule has 0 spiro atoms. The van der Waals surface area contributed by atoms with Crippen LogP contribution >= 0.6 is 0 Å². The molecule has 4 nitrogen and oxygen atoms in total. The summed E-state index contributed by atoms with van der Waals surface area (Å²) in [5.74, 6) is 0. The molecule has 4 N–H and O–H groups in total. The van der Waals surface area contributed by atoms with E-state index in [1.165, 1.54) is 0 Å². The van der Waals surface area contributed by atoms with Crippen LogP contribution in [0.4, 0.5) is 0 Å². The van der Waals surface area contributed by atoms with E-state index < -0.39 is 16.6 Å². The maximum Gasteiger partial charge on any atom is 0.187 e. The summed E-state index contributed by atoms with van der Waals surface area (Å²) in [6, 6.07) is 6.08. The van der Waals surface area contributed by atoms with E-state index in [2.05, 4.69) is 41.5 Å². The zero-order chi connectivity index (χ0) is 21.8. The van der Waals surface area contributed by atoms with Crippen molar-refractivity contribution in [2.75, 3.05) is 0 Å². The fraction of sp³-hybridized carbons (Fsp3) is 1.00. The zero-order valence-electron chi connectivity index (χ0n) is 20.1. The Morgan fingerprint density at radius 2 is 0.630 bits per heavy atom. The van der Waals surface area contributed by atoms with Crippen molar-refractivity contribution in [2.45, 2.75) is 131 Å². The van der Waals surface area contributed by atoms with Gasteiger partial charge in [0.15, 0.2) is 16.6 Å². The summed E-state index contributed by atoms with van der Waals surface area (Å²) < 4.78 is 0. The Morgan fingerprint density at radius 1 is 0.519 bits per heavy atom. The Morgan fingerprint density at radius 3 is 0.630 bits per heavy atom. The van der Waals surface area contributed by atoms with Crippen LogP contribution in [0.15, 0.2) is 0 Å². The molecule has 0 aliphatic heterocycles. The molecule has 0 saturated heterocycles. The molecule has 0 radical (unpaired) electrons. The minimum Gasteiger partial charge on any atom is -0.432 e. The molecule has 7 heteroatoms. The summed E-state index contributed by atoms with van der Waals surface area (Å²) in [6.45, 7) is 19.9. The number of aliphatic hydroxyl groups is 2. The van der Waals surface area contributed by atoms with E-state index in [0.717, 1.165) is 49.1 Å². The first-order valence-corrected chi connectivity index (χ1v) is 15.9. The van der Waals surface area contributed by atoms with Crippen LogP contribution in [0.5, 0.6) is 0 Å². The summed E-state index contributed by atoms with van der Waals surface area (Å²) in [4.78, 5) is 19.2. The molecule has 168 valence electrons. The molecule has 0 aliphatic carbocycles. The van der Waals surface area contributed by atoms with Crippen molar-refractivity contribution in [3.8, 4) is 0 Å². The zero-order valence-corrected chi connectivity index (χ0v) is 24.6. The second kappa shape index (κ2) is 25.2. The molecule has 2 unspecified atom stereocenters. The van der Waals surface area contributed by atoms with E-state index in [0.29, 0.717) is 0 Å². The van der Waals surface area contributed by atoms with Gasteiger partial charge in [-0.2, -0.15) is 0 Å². The predicted octanol–water partition coefficient (Wildman–Crippen LogP) is 5.52. The van der Waals surface area contributed by atoms with Gasteiger partial charge in [-0.05, 0) is 63.0 Å². The SMILES string of the molecule is CCC(C)O.CCC(C)O.CC[Si](O)(CC)CC.CC[Si](O)(CC)CC.[Zr]. The molecule has 2 atom stereocenters. The minimum absolute atomic E-state index is 0. The van der Waals surface area contributed by atoms with Crippen LogP contribution < -0.4 is 0 Å². The third-order valence-electron chi connectivity index (χ3n) is 5.13. The molecule has 27 heavy (non-hydrogen) atoms. The first-order valence-electron chi connectivity index (χ1n) is 10.7. The van der Waals surface area contributed by atoms with E-state index in [9.17, 15) is 9.59 Å². The van der Waals surface area contributed by atoms with Gasteiger partial charge in [0.1, 0.15) is 0 Å². The molecule has 0 fully saturated rings. The first-order chi connectivity index (χ1) is 11.9. The van der Waals surface area contributed by atoms with Crippen LogP contribution in [0.25, 0.3) is 0 Å². The summed E-state index contributed by atoms with van der Waals surface area (Å²) >= 11 is 0. The second-order valence-corrected chi connectivity index (χ2v) is 16.2. The van der Waals surface area contributed by atoms with Crippen molar-refractivity contribution in [2.24, 2.45) is 0 Å². The monoisotopic (exact) mass is 502 g/mol. The summed E-state index contributed by atoms with van der Waals surface area (Å²) in [5, 5.41) is 16.7. The van der Waals surface area contributed by atoms with E-state index in [1.807, 2.05) is 13.8 Å². The Balaban J connectivity index is -0.0000000807. The van der Waals surface area contributed by atoms with Crippen molar-refractivity contribution in [1.82, 2.24) is 0 Å². The van der Waals surface area contributed by atoms with Gasteiger partial charge in [-0.1, -0.05) is 55.4 Å². The maximum absolute atomic E-state index is 9.58. The molecular formula is C20H52O4Si2Zr. The number of rotatable bonds is 8. The van der Waals surface area contributed by atoms with Crippen molar-refractivity contribution in [3.63, 3.8) is 0 Å². The molecule has 0 aliphatic rings. The van der Waals surface area contributed by atoms with Gasteiger partial charge >= 0.3 is 0 Å². The predicted molar refractivity (Wildman–Crippen MR) is 123 cm³/mol. The largest absolute Gasteiger partial charge is 0.432 e. The van der Waals surface area contributed by atoms with E-state index in [1.54, 1.807) is 13.8 Å². The number of aliphatic hydroxyl groups excluding tert-OH is 2. The van der Waals surface area contributed by atoms with Crippen molar-refractivity contribution < 1.29 is 46.0 Å². The fourth-order valence-electron chi connectivity index (χ4n) is 1.50. The van der Waals surface area contributed by atoms with Gasteiger partial charge < -0.3 is 19.8 Å². The van der Waals surface area contributed by atoms with Gasteiger partial charge in [0, 0.05) is 26.2 Å². The van der Waals surface area contributed by atoms with Gasteiger partial charge in [-0.3, -0.25) is 0 Å². The molecule has 0 aromatic rings. The van der Waals surface area contributed by atoms with Crippen LogP contribution in [-0.2, 0) is 26.2 Å². The molecule has 0 heterocycles. The van der Waals surface area contributed by atoms with Gasteiger partial charge in [0.2, 0.25) is 0 Å². The Labute approximate surface area is 192 Å². The van der Waals surface area contributed by atoms with Crippen molar-refractivity contribution in [1.29, 1.82) is 0 Å². The van der Waals surface area contributed by atoms with E-state index in [4.69, 9.17) is 10.2 Å². The van der Waals surface area contributed by atoms with Crippen LogP contribution in [-0.4, -0.2) is 48.6 Å². The van der Waals surface area contributed by atoms with Crippen LogP contribution in [0.3, 0.4) is 0 Å². The molecule has 0 amide bonds. The number of hydrogen-bond acceptors (Lipinski definition) is 4. The van der Waals surface area contributed by atoms with E-state index >= 15 is 0 Å². The number of hydrogen-bond donors (Lipinski definition) is 4. The molecule has 0 aromatic heterocycles. The van der Waals surface area contributed by atoms with E-state index in [-0.39, 0.29) is 38.4 Å². The van der Waals surface area contributed by atoms with Gasteiger partial charge in [0.25, 0.3) is 0 Å². The van der Waals surface area contributed by atoms with Crippen molar-refractivity contribution >= 4 is 16.6 Å². The average Bonchev–Trinajstić information content (AvgIpc) is 2.67. The minimum atomic E-state index is -1.67. The van der Waals surface area contributed by atoms with Crippen molar-refractivity contribution in [3.05, 3.63) is 0 Å². The summed E-state index contributed by atoms with van der Waals surface area (Å²) in [6.07, 6.45) is 1.49. The van der Waals surface area contributed by atoms with Gasteiger partial charge in [-0.25, -0.2) is 0 Å². The van der Waals surface area contributed by atoms with Crippen LogP contribution in [0.2, 0.25) is 36.3 Å². The standard InChI is InChI=1S/2C6H16OSi.2C4H10O.Zr/c2*1-4-8(7,5-2)6-3;2*1-3-4(2)5;/h2*7H,4-6H2,1-3H3;2*4-5H,3H2,1-2H3;.